The van der Waals surface area contributed by atoms with Gasteiger partial charge in [0.1, 0.15) is 0 Å². The van der Waals surface area contributed by atoms with E-state index in [1.807, 2.05) is 6.07 Å². The third-order valence-electron chi connectivity index (χ3n) is 1.27. The van der Waals surface area contributed by atoms with Crippen LogP contribution in [-0.2, 0) is 0 Å². The van der Waals surface area contributed by atoms with Crippen LogP contribution in [0.3, 0.4) is 0 Å². The molecule has 1 rings (SSSR count). The third kappa shape index (κ3) is 4.06. The minimum atomic E-state index is 0.614. The molecule has 0 amide bonds. The summed E-state index contributed by atoms with van der Waals surface area (Å²) < 4.78 is 0.614. The molecule has 11 heavy (non-hydrogen) atoms. The van der Waals surface area contributed by atoms with E-state index in [1.165, 1.54) is 5.56 Å². The Kier molecular flexibility index (Phi) is 4.37. The number of hydrogen-bond acceptors (Lipinski definition) is 0. The van der Waals surface area contributed by atoms with Gasteiger partial charge in [0.05, 0.1) is 0 Å². The summed E-state index contributed by atoms with van der Waals surface area (Å²) in [5, 5.41) is 0. The van der Waals surface area contributed by atoms with Gasteiger partial charge in [0.2, 0.25) is 0 Å². The molecule has 2 heteroatoms. The molecule has 0 bridgehead atoms. The molecule has 1 unspecified atom stereocenters. The van der Waals surface area contributed by atoms with E-state index in [0.29, 0.717) is 2.39 Å². The van der Waals surface area contributed by atoms with Gasteiger partial charge in [0, 0.05) is 0 Å². The predicted molar refractivity (Wildman–Crippen MR) is 55.3 cm³/mol. The van der Waals surface area contributed by atoms with Crippen molar-refractivity contribution in [2.45, 2.75) is 2.39 Å². The second kappa shape index (κ2) is 5.09. The number of allylic oxidation sites excluding steroid dienone is 1. The molecular weight excluding hydrogens is 395 g/mol. The van der Waals surface area contributed by atoms with Crippen molar-refractivity contribution in [2.24, 2.45) is 0 Å². The fourth-order valence-electron chi connectivity index (χ4n) is 0.767. The van der Waals surface area contributed by atoms with Gasteiger partial charge in [-0.1, -0.05) is 0 Å². The van der Waals surface area contributed by atoms with Crippen molar-refractivity contribution in [3.63, 3.8) is 0 Å². The first-order valence-electron chi connectivity index (χ1n) is 3.42. The molecule has 0 aliphatic heterocycles. The standard InChI is InChI=1S/C9H8Br.Pb.H/c10-8-4-7-9-5-2-1-3-6-9;;/h1-8H;;/b7-4+;;. The maximum absolute atomic E-state index is 3.52. The van der Waals surface area contributed by atoms with E-state index in [0.717, 1.165) is 25.8 Å². The molecule has 0 aliphatic carbocycles. The van der Waals surface area contributed by atoms with E-state index in [-0.39, 0.29) is 0 Å². The van der Waals surface area contributed by atoms with Crippen molar-refractivity contribution in [2.75, 3.05) is 0 Å². The Morgan fingerprint density at radius 3 is 2.45 bits per heavy atom. The molecule has 0 aromatic heterocycles. The van der Waals surface area contributed by atoms with Crippen LogP contribution in [-0.4, -0.2) is 28.2 Å². The van der Waals surface area contributed by atoms with Crippen molar-refractivity contribution >= 4 is 47.8 Å². The van der Waals surface area contributed by atoms with Gasteiger partial charge in [-0.15, -0.1) is 0 Å². The molecular formula is C9H9BrPb. The van der Waals surface area contributed by atoms with Gasteiger partial charge in [-0.3, -0.25) is 0 Å². The van der Waals surface area contributed by atoms with Gasteiger partial charge in [-0.2, -0.15) is 0 Å². The van der Waals surface area contributed by atoms with Gasteiger partial charge in [-0.25, -0.2) is 0 Å². The Morgan fingerprint density at radius 2 is 1.91 bits per heavy atom. The van der Waals surface area contributed by atoms with Crippen LogP contribution in [0.15, 0.2) is 36.4 Å². The number of alkyl halides is 1. The van der Waals surface area contributed by atoms with E-state index in [1.54, 1.807) is 0 Å². The summed E-state index contributed by atoms with van der Waals surface area (Å²) in [5.74, 6) is 0. The van der Waals surface area contributed by atoms with Crippen molar-refractivity contribution in [3.8, 4) is 0 Å². The molecule has 0 N–H and O–H groups in total. The molecule has 0 saturated carbocycles. The zero-order valence-electron chi connectivity index (χ0n) is 6.07. The molecule has 0 fully saturated rings. The van der Waals surface area contributed by atoms with Crippen LogP contribution in [0.2, 0.25) is 0 Å². The maximum atomic E-state index is 3.52. The molecule has 0 nitrogen and oxygen atoms in total. The fourth-order valence-corrected chi connectivity index (χ4v) is 1.35. The zero-order valence-corrected chi connectivity index (χ0v) is 12.1. The van der Waals surface area contributed by atoms with Crippen LogP contribution < -0.4 is 0 Å². The average Bonchev–Trinajstić information content (AvgIpc) is 2.03. The van der Waals surface area contributed by atoms with Gasteiger partial charge in [-0.05, 0) is 0 Å². The van der Waals surface area contributed by atoms with Crippen LogP contribution in [0.4, 0.5) is 0 Å². The first kappa shape index (κ1) is 9.45. The average molecular weight is 404 g/mol. The summed E-state index contributed by atoms with van der Waals surface area (Å²) >= 11 is 4.49. The molecule has 56 valence electrons. The van der Waals surface area contributed by atoms with Crippen molar-refractivity contribution in [3.05, 3.63) is 42.0 Å². The van der Waals surface area contributed by atoms with Gasteiger partial charge in [0.25, 0.3) is 0 Å². The Bertz CT molecular complexity index is 229. The normalized spacial score (nSPS) is 13.6. The molecule has 1 aromatic rings. The first-order chi connectivity index (χ1) is 5.29. The molecule has 0 aliphatic rings. The Hall–Kier alpha value is 0.362. The van der Waals surface area contributed by atoms with Crippen molar-refractivity contribution in [1.82, 2.24) is 0 Å². The van der Waals surface area contributed by atoms with Crippen LogP contribution in [0, 0.1) is 0 Å². The summed E-state index contributed by atoms with van der Waals surface area (Å²) in [4.78, 5) is 0. The Balaban J connectivity index is 2.65. The van der Waals surface area contributed by atoms with E-state index in [4.69, 9.17) is 0 Å². The van der Waals surface area contributed by atoms with Gasteiger partial charge < -0.3 is 0 Å². The minimum absolute atomic E-state index is 0.614. The van der Waals surface area contributed by atoms with E-state index in [2.05, 4.69) is 52.3 Å². The number of rotatable bonds is 2. The topological polar surface area (TPSA) is 0 Å². The van der Waals surface area contributed by atoms with Gasteiger partial charge in [0.15, 0.2) is 0 Å². The summed E-state index contributed by atoms with van der Waals surface area (Å²) in [5.41, 5.74) is 1.28. The number of benzene rings is 1. The molecule has 1 aromatic carbocycles. The Morgan fingerprint density at radius 1 is 1.27 bits per heavy atom. The van der Waals surface area contributed by atoms with Crippen LogP contribution in [0.25, 0.3) is 6.08 Å². The summed E-state index contributed by atoms with van der Waals surface area (Å²) in [6.07, 6.45) is 4.35. The predicted octanol–water partition coefficient (Wildman–Crippen LogP) is 2.32. The molecule has 0 heterocycles. The Labute approximate surface area is 91.5 Å². The fraction of sp³-hybridized carbons (Fsp3) is 0.111. The summed E-state index contributed by atoms with van der Waals surface area (Å²) in [6, 6.07) is 10.4. The first-order valence-corrected chi connectivity index (χ1v) is 6.92. The monoisotopic (exact) mass is 404 g/mol. The second-order valence-corrected chi connectivity index (χ2v) is 9.86. The second-order valence-electron chi connectivity index (χ2n) is 2.21. The number of hydrogen-bond donors (Lipinski definition) is 0. The van der Waals surface area contributed by atoms with Crippen molar-refractivity contribution < 1.29 is 0 Å². The molecule has 2 radical (unpaired) electrons. The van der Waals surface area contributed by atoms with Crippen LogP contribution >= 0.6 is 15.9 Å². The third-order valence-corrected chi connectivity index (χ3v) is 2.44. The molecule has 0 spiro atoms. The van der Waals surface area contributed by atoms with E-state index >= 15 is 0 Å². The van der Waals surface area contributed by atoms with Crippen molar-refractivity contribution in [1.29, 1.82) is 0 Å². The summed E-state index contributed by atoms with van der Waals surface area (Å²) in [7, 11) is 0. The molecule has 0 saturated heterocycles. The zero-order chi connectivity index (χ0) is 8.10. The summed E-state index contributed by atoms with van der Waals surface area (Å²) in [6.45, 7) is 0. The number of halogens is 1. The van der Waals surface area contributed by atoms with Crippen LogP contribution in [0.1, 0.15) is 5.56 Å². The molecule has 1 atom stereocenters. The van der Waals surface area contributed by atoms with E-state index < -0.39 is 0 Å². The van der Waals surface area contributed by atoms with E-state index in [9.17, 15) is 0 Å². The quantitative estimate of drug-likeness (QED) is 0.525. The van der Waals surface area contributed by atoms with Crippen LogP contribution in [0.5, 0.6) is 0 Å². The van der Waals surface area contributed by atoms with Gasteiger partial charge >= 0.3 is 92.1 Å². The SMILES string of the molecule is Br[CH]([PbH])/C=C/c1ccccc1.